The Morgan fingerprint density at radius 3 is 2.77 bits per heavy atom. The van der Waals surface area contributed by atoms with Gasteiger partial charge in [-0.2, -0.15) is 0 Å². The predicted molar refractivity (Wildman–Crippen MR) is 99.9 cm³/mol. The number of aryl methyl sites for hydroxylation is 2. The molecule has 0 radical (unpaired) electrons. The molecule has 0 aliphatic rings. The molecule has 0 unspecified atom stereocenters. The van der Waals surface area contributed by atoms with E-state index in [2.05, 4.69) is 15.6 Å². The molecule has 2 N–H and O–H groups in total. The molecule has 3 aromatic rings. The Balaban J connectivity index is 1.50. The molecule has 2 heterocycles. The monoisotopic (exact) mass is 351 g/mol. The van der Waals surface area contributed by atoms with E-state index >= 15 is 0 Å². The standard InChI is InChI=1S/C20H21N3O3/c1-13-5-6-17-15(12-26-20(17)14(13)2)10-19(25)22-9-7-18(24)23-16-4-3-8-21-11-16/h3-6,8,11-12H,7,9-10H2,1-2H3,(H,22,25)(H,23,24). The molecule has 0 spiro atoms. The number of hydrogen-bond donors (Lipinski definition) is 2. The molecule has 134 valence electrons. The lowest BCUT2D eigenvalue weighted by molar-refractivity contribution is -0.120. The van der Waals surface area contributed by atoms with Crippen molar-refractivity contribution in [2.75, 3.05) is 11.9 Å². The van der Waals surface area contributed by atoms with Crippen LogP contribution in [0.5, 0.6) is 0 Å². The summed E-state index contributed by atoms with van der Waals surface area (Å²) in [5.74, 6) is -0.307. The van der Waals surface area contributed by atoms with Crippen LogP contribution in [0.25, 0.3) is 11.0 Å². The molecule has 0 aliphatic heterocycles. The maximum atomic E-state index is 12.2. The number of fused-ring (bicyclic) bond motifs is 1. The van der Waals surface area contributed by atoms with Crippen LogP contribution in [0.15, 0.2) is 47.3 Å². The highest BCUT2D eigenvalue weighted by atomic mass is 16.3. The van der Waals surface area contributed by atoms with Gasteiger partial charge in [-0.3, -0.25) is 14.6 Å². The van der Waals surface area contributed by atoms with Crippen molar-refractivity contribution in [3.63, 3.8) is 0 Å². The summed E-state index contributed by atoms with van der Waals surface area (Å²) in [7, 11) is 0. The fraction of sp³-hybridized carbons (Fsp3) is 0.250. The van der Waals surface area contributed by atoms with E-state index in [1.807, 2.05) is 26.0 Å². The van der Waals surface area contributed by atoms with Crippen molar-refractivity contribution in [1.29, 1.82) is 0 Å². The van der Waals surface area contributed by atoms with Gasteiger partial charge in [0.1, 0.15) is 5.58 Å². The summed E-state index contributed by atoms with van der Waals surface area (Å²) in [4.78, 5) is 27.9. The number of aromatic nitrogens is 1. The second-order valence-corrected chi connectivity index (χ2v) is 6.21. The van der Waals surface area contributed by atoms with Crippen LogP contribution >= 0.6 is 0 Å². The summed E-state index contributed by atoms with van der Waals surface area (Å²) in [5, 5.41) is 6.46. The normalized spacial score (nSPS) is 10.7. The Kier molecular flexibility index (Phi) is 5.31. The highest BCUT2D eigenvalue weighted by molar-refractivity contribution is 5.92. The van der Waals surface area contributed by atoms with E-state index < -0.39 is 0 Å². The highest BCUT2D eigenvalue weighted by Crippen LogP contribution is 2.26. The first-order chi connectivity index (χ1) is 12.5. The molecular formula is C20H21N3O3. The molecule has 1 aromatic carbocycles. The van der Waals surface area contributed by atoms with Crippen LogP contribution in [0.4, 0.5) is 5.69 Å². The number of carbonyl (C=O) groups is 2. The van der Waals surface area contributed by atoms with Crippen molar-refractivity contribution in [2.24, 2.45) is 0 Å². The second-order valence-electron chi connectivity index (χ2n) is 6.21. The van der Waals surface area contributed by atoms with Crippen LogP contribution in [0, 0.1) is 13.8 Å². The maximum Gasteiger partial charge on any atom is 0.226 e. The summed E-state index contributed by atoms with van der Waals surface area (Å²) in [5.41, 5.74) is 4.55. The number of rotatable bonds is 6. The van der Waals surface area contributed by atoms with E-state index in [0.29, 0.717) is 5.69 Å². The Morgan fingerprint density at radius 2 is 2.00 bits per heavy atom. The highest BCUT2D eigenvalue weighted by Gasteiger charge is 2.13. The zero-order valence-corrected chi connectivity index (χ0v) is 14.8. The molecule has 0 bridgehead atoms. The van der Waals surface area contributed by atoms with Crippen molar-refractivity contribution in [2.45, 2.75) is 26.7 Å². The molecule has 0 atom stereocenters. The lowest BCUT2D eigenvalue weighted by Gasteiger charge is -2.06. The molecule has 3 rings (SSSR count). The minimum absolute atomic E-state index is 0.139. The summed E-state index contributed by atoms with van der Waals surface area (Å²) in [6.45, 7) is 4.31. The van der Waals surface area contributed by atoms with Gasteiger partial charge in [0.05, 0.1) is 24.6 Å². The third-order valence-corrected chi connectivity index (χ3v) is 4.31. The summed E-state index contributed by atoms with van der Waals surface area (Å²) in [6, 6.07) is 7.51. The molecule has 2 aromatic heterocycles. The van der Waals surface area contributed by atoms with Crippen LogP contribution in [-0.2, 0) is 16.0 Å². The van der Waals surface area contributed by atoms with Crippen molar-refractivity contribution < 1.29 is 14.0 Å². The van der Waals surface area contributed by atoms with E-state index in [9.17, 15) is 9.59 Å². The lowest BCUT2D eigenvalue weighted by Crippen LogP contribution is -2.28. The molecule has 0 aliphatic carbocycles. The third-order valence-electron chi connectivity index (χ3n) is 4.31. The quantitative estimate of drug-likeness (QED) is 0.714. The molecule has 0 saturated carbocycles. The topological polar surface area (TPSA) is 84.2 Å². The number of nitrogens with one attached hydrogen (secondary N) is 2. The number of pyridine rings is 1. The Bertz CT molecular complexity index is 932. The van der Waals surface area contributed by atoms with Gasteiger partial charge in [-0.1, -0.05) is 12.1 Å². The largest absolute Gasteiger partial charge is 0.464 e. The van der Waals surface area contributed by atoms with E-state index in [1.165, 1.54) is 0 Å². The lowest BCUT2D eigenvalue weighted by atomic mass is 10.0. The molecule has 6 heteroatoms. The van der Waals surface area contributed by atoms with Crippen LogP contribution in [0.2, 0.25) is 0 Å². The molecule has 6 nitrogen and oxygen atoms in total. The molecule has 26 heavy (non-hydrogen) atoms. The van der Waals surface area contributed by atoms with Crippen LogP contribution < -0.4 is 10.6 Å². The number of furan rings is 1. The van der Waals surface area contributed by atoms with Gasteiger partial charge < -0.3 is 15.1 Å². The van der Waals surface area contributed by atoms with Crippen molar-refractivity contribution in [3.05, 3.63) is 59.6 Å². The number of anilines is 1. The van der Waals surface area contributed by atoms with Gasteiger partial charge in [-0.05, 0) is 37.1 Å². The predicted octanol–water partition coefficient (Wildman–Crippen LogP) is 3.13. The second kappa shape index (κ2) is 7.82. The SMILES string of the molecule is Cc1ccc2c(CC(=O)NCCC(=O)Nc3cccnc3)coc2c1C. The van der Waals surface area contributed by atoms with Gasteiger partial charge in [0.15, 0.2) is 0 Å². The van der Waals surface area contributed by atoms with Crippen LogP contribution in [0.3, 0.4) is 0 Å². The van der Waals surface area contributed by atoms with E-state index in [1.54, 1.807) is 30.8 Å². The Labute approximate surface area is 151 Å². The number of carbonyl (C=O) groups excluding carboxylic acids is 2. The number of amides is 2. The molecular weight excluding hydrogens is 330 g/mol. The maximum absolute atomic E-state index is 12.2. The number of hydrogen-bond acceptors (Lipinski definition) is 4. The summed E-state index contributed by atoms with van der Waals surface area (Å²) < 4.78 is 5.62. The van der Waals surface area contributed by atoms with Crippen molar-refractivity contribution >= 4 is 28.5 Å². The minimum atomic E-state index is -0.168. The van der Waals surface area contributed by atoms with Crippen molar-refractivity contribution in [1.82, 2.24) is 10.3 Å². The van der Waals surface area contributed by atoms with Gasteiger partial charge >= 0.3 is 0 Å². The van der Waals surface area contributed by atoms with Gasteiger partial charge in [0.2, 0.25) is 11.8 Å². The zero-order valence-electron chi connectivity index (χ0n) is 14.8. The van der Waals surface area contributed by atoms with Gasteiger partial charge in [0.25, 0.3) is 0 Å². The Morgan fingerprint density at radius 1 is 1.15 bits per heavy atom. The van der Waals surface area contributed by atoms with Crippen LogP contribution in [-0.4, -0.2) is 23.3 Å². The van der Waals surface area contributed by atoms with E-state index in [4.69, 9.17) is 4.42 Å². The number of nitrogens with zero attached hydrogens (tertiary/aromatic N) is 1. The first kappa shape index (κ1) is 17.7. The fourth-order valence-electron chi connectivity index (χ4n) is 2.74. The van der Waals surface area contributed by atoms with E-state index in [0.717, 1.165) is 27.7 Å². The molecule has 0 saturated heterocycles. The zero-order chi connectivity index (χ0) is 18.5. The van der Waals surface area contributed by atoms with Gasteiger partial charge in [0, 0.05) is 30.1 Å². The smallest absolute Gasteiger partial charge is 0.226 e. The Hall–Kier alpha value is -3.15. The number of benzene rings is 1. The third kappa shape index (κ3) is 4.08. The van der Waals surface area contributed by atoms with Gasteiger partial charge in [-0.25, -0.2) is 0 Å². The summed E-state index contributed by atoms with van der Waals surface area (Å²) in [6.07, 6.45) is 5.26. The van der Waals surface area contributed by atoms with Gasteiger partial charge in [-0.15, -0.1) is 0 Å². The average Bonchev–Trinajstić information content (AvgIpc) is 3.02. The molecule has 0 fully saturated rings. The van der Waals surface area contributed by atoms with Crippen LogP contribution in [0.1, 0.15) is 23.1 Å². The van der Waals surface area contributed by atoms with E-state index in [-0.39, 0.29) is 31.2 Å². The average molecular weight is 351 g/mol. The first-order valence-electron chi connectivity index (χ1n) is 8.47. The fourth-order valence-corrected chi connectivity index (χ4v) is 2.74. The summed E-state index contributed by atoms with van der Waals surface area (Å²) >= 11 is 0. The molecule has 2 amide bonds. The minimum Gasteiger partial charge on any atom is -0.464 e. The van der Waals surface area contributed by atoms with Crippen molar-refractivity contribution in [3.8, 4) is 0 Å². The first-order valence-corrected chi connectivity index (χ1v) is 8.47.